The number of nitrogens with zero attached hydrogens (tertiary/aromatic N) is 1. The van der Waals surface area contributed by atoms with Gasteiger partial charge in [-0.05, 0) is 71.7 Å². The average molecular weight is 424 g/mol. The van der Waals surface area contributed by atoms with Gasteiger partial charge in [0.25, 0.3) is 5.91 Å². The summed E-state index contributed by atoms with van der Waals surface area (Å²) >= 11 is 2.21. The van der Waals surface area contributed by atoms with Gasteiger partial charge in [0, 0.05) is 3.57 Å². The molecule has 1 aromatic heterocycles. The molecule has 23 heavy (non-hydrogen) atoms. The van der Waals surface area contributed by atoms with Crippen LogP contribution in [0.15, 0.2) is 36.4 Å². The van der Waals surface area contributed by atoms with Gasteiger partial charge in [0.15, 0.2) is 6.61 Å². The number of nitrogens with one attached hydrogen (secondary N) is 1. The number of carbonyl (C=O) groups is 1. The second-order valence-electron chi connectivity index (χ2n) is 5.48. The van der Waals surface area contributed by atoms with Crippen LogP contribution >= 0.6 is 22.6 Å². The van der Waals surface area contributed by atoms with Crippen molar-refractivity contribution in [2.24, 2.45) is 0 Å². The SMILES string of the molecule is CCC(C)c1ccc(OCC(=O)Nc2ccc(I)c(C)n2)cc1. The van der Waals surface area contributed by atoms with Crippen molar-refractivity contribution < 1.29 is 9.53 Å². The first-order valence-electron chi connectivity index (χ1n) is 7.65. The molecule has 1 aromatic carbocycles. The summed E-state index contributed by atoms with van der Waals surface area (Å²) in [6.45, 7) is 6.24. The Morgan fingerprint density at radius 1 is 1.26 bits per heavy atom. The van der Waals surface area contributed by atoms with E-state index in [-0.39, 0.29) is 12.5 Å². The Hall–Kier alpha value is -1.63. The fourth-order valence-electron chi connectivity index (χ4n) is 2.07. The molecular formula is C18H21IN2O2. The van der Waals surface area contributed by atoms with Gasteiger partial charge in [-0.1, -0.05) is 26.0 Å². The molecule has 0 saturated heterocycles. The van der Waals surface area contributed by atoms with Gasteiger partial charge in [-0.15, -0.1) is 0 Å². The maximum Gasteiger partial charge on any atom is 0.263 e. The van der Waals surface area contributed by atoms with Crippen molar-refractivity contribution in [3.05, 3.63) is 51.2 Å². The first-order valence-corrected chi connectivity index (χ1v) is 8.73. The van der Waals surface area contributed by atoms with E-state index in [9.17, 15) is 4.79 Å². The second-order valence-corrected chi connectivity index (χ2v) is 6.64. The monoisotopic (exact) mass is 424 g/mol. The fourth-order valence-corrected chi connectivity index (χ4v) is 2.37. The molecule has 2 aromatic rings. The highest BCUT2D eigenvalue weighted by Gasteiger charge is 2.07. The van der Waals surface area contributed by atoms with Gasteiger partial charge in [0.05, 0.1) is 5.69 Å². The van der Waals surface area contributed by atoms with Crippen molar-refractivity contribution in [2.45, 2.75) is 33.1 Å². The molecule has 0 aliphatic carbocycles. The normalized spacial score (nSPS) is 11.8. The molecule has 0 aliphatic heterocycles. The lowest BCUT2D eigenvalue weighted by molar-refractivity contribution is -0.118. The van der Waals surface area contributed by atoms with E-state index < -0.39 is 0 Å². The van der Waals surface area contributed by atoms with Gasteiger partial charge in [0.2, 0.25) is 0 Å². The van der Waals surface area contributed by atoms with Crippen molar-refractivity contribution in [1.29, 1.82) is 0 Å². The van der Waals surface area contributed by atoms with Crippen LogP contribution in [0.1, 0.15) is 37.4 Å². The molecule has 2 rings (SSSR count). The van der Waals surface area contributed by atoms with Gasteiger partial charge in [-0.3, -0.25) is 4.79 Å². The second kappa shape index (κ2) is 8.29. The zero-order valence-electron chi connectivity index (χ0n) is 13.6. The number of rotatable bonds is 6. The van der Waals surface area contributed by atoms with Crippen LogP contribution < -0.4 is 10.1 Å². The quantitative estimate of drug-likeness (QED) is 0.694. The van der Waals surface area contributed by atoms with Gasteiger partial charge >= 0.3 is 0 Å². The molecule has 1 atom stereocenters. The standard InChI is InChI=1S/C18H21IN2O2/c1-4-12(2)14-5-7-15(8-6-14)23-11-18(22)21-17-10-9-16(19)13(3)20-17/h5-10,12H,4,11H2,1-3H3,(H,20,21,22). The maximum absolute atomic E-state index is 11.9. The van der Waals surface area contributed by atoms with E-state index in [0.29, 0.717) is 17.5 Å². The Morgan fingerprint density at radius 2 is 1.96 bits per heavy atom. The molecule has 122 valence electrons. The number of ether oxygens (including phenoxy) is 1. The molecule has 1 heterocycles. The van der Waals surface area contributed by atoms with Crippen LogP contribution in [0.5, 0.6) is 5.75 Å². The van der Waals surface area contributed by atoms with Crippen molar-refractivity contribution in [3.8, 4) is 5.75 Å². The summed E-state index contributed by atoms with van der Waals surface area (Å²) in [7, 11) is 0. The summed E-state index contributed by atoms with van der Waals surface area (Å²) in [5.74, 6) is 1.55. The number of aryl methyl sites for hydroxylation is 1. The Bertz CT molecular complexity index is 671. The highest BCUT2D eigenvalue weighted by molar-refractivity contribution is 14.1. The van der Waals surface area contributed by atoms with Gasteiger partial charge in [-0.25, -0.2) is 4.98 Å². The topological polar surface area (TPSA) is 51.2 Å². The van der Waals surface area contributed by atoms with Gasteiger partial charge in [0.1, 0.15) is 11.6 Å². The lowest BCUT2D eigenvalue weighted by Gasteiger charge is -2.11. The van der Waals surface area contributed by atoms with Crippen LogP contribution in [0.4, 0.5) is 5.82 Å². The number of hydrogen-bond acceptors (Lipinski definition) is 3. The molecule has 4 nitrogen and oxygen atoms in total. The Balaban J connectivity index is 1.87. The predicted molar refractivity (Wildman–Crippen MR) is 101 cm³/mol. The summed E-state index contributed by atoms with van der Waals surface area (Å²) in [6, 6.07) is 11.6. The Morgan fingerprint density at radius 3 is 2.57 bits per heavy atom. The third kappa shape index (κ3) is 5.20. The Labute approximate surface area is 150 Å². The molecule has 0 bridgehead atoms. The molecular weight excluding hydrogens is 403 g/mol. The molecule has 1 unspecified atom stereocenters. The minimum absolute atomic E-state index is 0.0323. The van der Waals surface area contributed by atoms with Crippen LogP contribution in [0, 0.1) is 10.5 Å². The lowest BCUT2D eigenvalue weighted by Crippen LogP contribution is -2.21. The molecule has 1 amide bonds. The van der Waals surface area contributed by atoms with E-state index in [1.54, 1.807) is 6.07 Å². The predicted octanol–water partition coefficient (Wildman–Crippen LogP) is 4.53. The van der Waals surface area contributed by atoms with Crippen molar-refractivity contribution >= 4 is 34.3 Å². The summed E-state index contributed by atoms with van der Waals surface area (Å²) in [4.78, 5) is 16.2. The summed E-state index contributed by atoms with van der Waals surface area (Å²) in [6.07, 6.45) is 1.10. The van der Waals surface area contributed by atoms with E-state index in [0.717, 1.165) is 15.7 Å². The van der Waals surface area contributed by atoms with E-state index in [4.69, 9.17) is 4.74 Å². The zero-order valence-corrected chi connectivity index (χ0v) is 15.8. The highest BCUT2D eigenvalue weighted by Crippen LogP contribution is 2.21. The van der Waals surface area contributed by atoms with Crippen molar-refractivity contribution in [2.75, 3.05) is 11.9 Å². The van der Waals surface area contributed by atoms with Crippen LogP contribution in [0.2, 0.25) is 0 Å². The van der Waals surface area contributed by atoms with Crippen molar-refractivity contribution in [3.63, 3.8) is 0 Å². The van der Waals surface area contributed by atoms with E-state index in [1.165, 1.54) is 5.56 Å². The number of carbonyl (C=O) groups excluding carboxylic acids is 1. The smallest absolute Gasteiger partial charge is 0.263 e. The first kappa shape index (κ1) is 17.7. The first-order chi connectivity index (χ1) is 11.0. The number of aromatic nitrogens is 1. The number of benzene rings is 1. The fraction of sp³-hybridized carbons (Fsp3) is 0.333. The Kier molecular flexibility index (Phi) is 6.38. The number of halogens is 1. The van der Waals surface area contributed by atoms with Crippen LogP contribution in [0.25, 0.3) is 0 Å². The van der Waals surface area contributed by atoms with Crippen LogP contribution in [0.3, 0.4) is 0 Å². The van der Waals surface area contributed by atoms with Crippen LogP contribution in [-0.4, -0.2) is 17.5 Å². The molecule has 0 fully saturated rings. The molecule has 1 N–H and O–H groups in total. The highest BCUT2D eigenvalue weighted by atomic mass is 127. The molecule has 5 heteroatoms. The summed E-state index contributed by atoms with van der Waals surface area (Å²) in [5.41, 5.74) is 2.17. The molecule has 0 radical (unpaired) electrons. The van der Waals surface area contributed by atoms with Crippen molar-refractivity contribution in [1.82, 2.24) is 4.98 Å². The number of hydrogen-bond donors (Lipinski definition) is 1. The van der Waals surface area contributed by atoms with E-state index in [1.807, 2.05) is 37.3 Å². The molecule has 0 aliphatic rings. The minimum Gasteiger partial charge on any atom is -0.484 e. The minimum atomic E-state index is -0.218. The largest absolute Gasteiger partial charge is 0.484 e. The van der Waals surface area contributed by atoms with Gasteiger partial charge < -0.3 is 10.1 Å². The third-order valence-electron chi connectivity index (χ3n) is 3.72. The van der Waals surface area contributed by atoms with E-state index in [2.05, 4.69) is 46.7 Å². The number of amides is 1. The summed E-state index contributed by atoms with van der Waals surface area (Å²) < 4.78 is 6.59. The maximum atomic E-state index is 11.9. The lowest BCUT2D eigenvalue weighted by atomic mass is 9.99. The number of pyridine rings is 1. The summed E-state index contributed by atoms with van der Waals surface area (Å²) in [5, 5.41) is 2.74. The van der Waals surface area contributed by atoms with Gasteiger partial charge in [-0.2, -0.15) is 0 Å². The number of anilines is 1. The molecule has 0 saturated carbocycles. The average Bonchev–Trinajstić information content (AvgIpc) is 2.56. The van der Waals surface area contributed by atoms with Crippen LogP contribution in [-0.2, 0) is 4.79 Å². The third-order valence-corrected chi connectivity index (χ3v) is 4.86. The zero-order chi connectivity index (χ0) is 16.8. The molecule has 0 spiro atoms. The van der Waals surface area contributed by atoms with E-state index >= 15 is 0 Å².